The van der Waals surface area contributed by atoms with Gasteiger partial charge >= 0.3 is 6.18 Å². The fourth-order valence-corrected chi connectivity index (χ4v) is 5.43. The van der Waals surface area contributed by atoms with Crippen LogP contribution in [0.3, 0.4) is 0 Å². The van der Waals surface area contributed by atoms with Crippen molar-refractivity contribution in [1.29, 1.82) is 0 Å². The zero-order chi connectivity index (χ0) is 27.7. The van der Waals surface area contributed by atoms with E-state index in [9.17, 15) is 18.0 Å². The lowest BCUT2D eigenvalue weighted by Gasteiger charge is -2.35. The average molecular weight is 538 g/mol. The smallest absolute Gasteiger partial charge is 0.363 e. The van der Waals surface area contributed by atoms with Gasteiger partial charge in [-0.1, -0.05) is 24.3 Å². The Bertz CT molecular complexity index is 1400. The minimum Gasteiger partial charge on any atom is -0.363 e. The van der Waals surface area contributed by atoms with E-state index in [1.165, 1.54) is 17.7 Å². The summed E-state index contributed by atoms with van der Waals surface area (Å²) in [5, 5.41) is 4.13. The Morgan fingerprint density at radius 3 is 2.54 bits per heavy atom. The molecule has 1 aromatic heterocycles. The number of likely N-dealkylation sites (N-methyl/N-ethyl adjacent to an activating group) is 1. The van der Waals surface area contributed by atoms with Crippen LogP contribution >= 0.6 is 0 Å². The normalized spacial score (nSPS) is 19.6. The second kappa shape index (κ2) is 11.0. The molecule has 3 aromatic rings. The van der Waals surface area contributed by atoms with Crippen molar-refractivity contribution in [3.8, 4) is 0 Å². The van der Waals surface area contributed by atoms with Crippen LogP contribution in [0.1, 0.15) is 54.7 Å². The van der Waals surface area contributed by atoms with E-state index in [-0.39, 0.29) is 11.8 Å². The summed E-state index contributed by atoms with van der Waals surface area (Å²) < 4.78 is 39.7. The number of anilines is 1. The van der Waals surface area contributed by atoms with Crippen LogP contribution in [0.5, 0.6) is 0 Å². The number of hydrogen-bond acceptors (Lipinski definition) is 5. The van der Waals surface area contributed by atoms with E-state index in [4.69, 9.17) is 0 Å². The number of hydrogen-bond donors (Lipinski definition) is 1. The molecule has 0 spiro atoms. The SMILES string of the molecule is Cc1nc(N[C@@H](C)c2cccc(C(F)(F)F)c2)c2cc(C3=CCC(C(=O)N4CCN(C)CC4)CC3)ccc2n1. The van der Waals surface area contributed by atoms with Crippen LogP contribution in [0.15, 0.2) is 48.5 Å². The highest BCUT2D eigenvalue weighted by Gasteiger charge is 2.31. The van der Waals surface area contributed by atoms with Gasteiger partial charge in [0.1, 0.15) is 11.6 Å². The summed E-state index contributed by atoms with van der Waals surface area (Å²) in [5.74, 6) is 1.45. The zero-order valence-corrected chi connectivity index (χ0v) is 22.6. The summed E-state index contributed by atoms with van der Waals surface area (Å²) >= 11 is 0. The molecule has 2 heterocycles. The Morgan fingerprint density at radius 2 is 1.85 bits per heavy atom. The third kappa shape index (κ3) is 6.08. The first-order valence-electron chi connectivity index (χ1n) is 13.5. The van der Waals surface area contributed by atoms with Gasteiger partial charge in [-0.05, 0) is 81.1 Å². The van der Waals surface area contributed by atoms with Gasteiger partial charge in [0.15, 0.2) is 0 Å². The van der Waals surface area contributed by atoms with Crippen LogP contribution in [0, 0.1) is 12.8 Å². The Labute approximate surface area is 226 Å². The molecule has 9 heteroatoms. The lowest BCUT2D eigenvalue weighted by atomic mass is 9.85. The lowest BCUT2D eigenvalue weighted by molar-refractivity contribution is -0.138. The highest BCUT2D eigenvalue weighted by Crippen LogP contribution is 2.35. The number of nitrogens with one attached hydrogen (secondary N) is 1. The number of aromatic nitrogens is 2. The average Bonchev–Trinajstić information content (AvgIpc) is 2.92. The molecule has 39 heavy (non-hydrogen) atoms. The molecule has 1 aliphatic heterocycles. The molecule has 1 unspecified atom stereocenters. The number of nitrogens with zero attached hydrogens (tertiary/aromatic N) is 4. The van der Waals surface area contributed by atoms with Crippen molar-refractivity contribution in [2.75, 3.05) is 38.5 Å². The van der Waals surface area contributed by atoms with E-state index in [1.807, 2.05) is 30.0 Å². The Kier molecular flexibility index (Phi) is 7.62. The van der Waals surface area contributed by atoms with E-state index in [0.717, 1.165) is 68.0 Å². The molecule has 206 valence electrons. The monoisotopic (exact) mass is 537 g/mol. The van der Waals surface area contributed by atoms with Crippen molar-refractivity contribution in [1.82, 2.24) is 19.8 Å². The molecule has 0 saturated carbocycles. The molecule has 1 fully saturated rings. The van der Waals surface area contributed by atoms with Crippen molar-refractivity contribution >= 4 is 28.2 Å². The second-order valence-corrected chi connectivity index (χ2v) is 10.7. The lowest BCUT2D eigenvalue weighted by Crippen LogP contribution is -2.49. The molecular weight excluding hydrogens is 503 g/mol. The molecule has 1 amide bonds. The predicted octanol–water partition coefficient (Wildman–Crippen LogP) is 6.09. The molecular formula is C30H34F3N5O. The largest absolute Gasteiger partial charge is 0.416 e. The van der Waals surface area contributed by atoms with Gasteiger partial charge in [-0.2, -0.15) is 13.2 Å². The van der Waals surface area contributed by atoms with Crippen LogP contribution in [0.25, 0.3) is 16.5 Å². The molecule has 1 aliphatic carbocycles. The zero-order valence-electron chi connectivity index (χ0n) is 22.6. The van der Waals surface area contributed by atoms with E-state index < -0.39 is 17.8 Å². The molecule has 2 atom stereocenters. The third-order valence-electron chi connectivity index (χ3n) is 7.82. The van der Waals surface area contributed by atoms with Crippen LogP contribution < -0.4 is 5.32 Å². The maximum absolute atomic E-state index is 13.2. The number of aryl methyl sites for hydroxylation is 1. The number of piperazine rings is 1. The quantitative estimate of drug-likeness (QED) is 0.427. The summed E-state index contributed by atoms with van der Waals surface area (Å²) in [6, 6.07) is 11.0. The number of alkyl halides is 3. The minimum atomic E-state index is -4.40. The number of amides is 1. The standard InChI is InChI=1S/C30H34F3N5O/c1-19(23-5-4-6-25(17-23)30(31,32)33)34-28-26-18-24(11-12-27(26)35-20(2)36-28)21-7-9-22(10-8-21)29(39)38-15-13-37(3)14-16-38/h4-7,11-12,17-19,22H,8-10,13-16H2,1-3H3,(H,34,35,36)/t19-,22?/m0/s1. The Balaban J connectivity index is 1.36. The van der Waals surface area contributed by atoms with Gasteiger partial charge in [0.2, 0.25) is 5.91 Å². The number of halogens is 3. The Morgan fingerprint density at radius 1 is 1.08 bits per heavy atom. The molecule has 5 rings (SSSR count). The first-order valence-corrected chi connectivity index (χ1v) is 13.5. The van der Waals surface area contributed by atoms with Gasteiger partial charge in [0, 0.05) is 43.5 Å². The minimum absolute atomic E-state index is 0.0223. The van der Waals surface area contributed by atoms with E-state index >= 15 is 0 Å². The van der Waals surface area contributed by atoms with E-state index in [0.29, 0.717) is 17.2 Å². The molecule has 1 saturated heterocycles. The summed E-state index contributed by atoms with van der Waals surface area (Å²) in [7, 11) is 2.08. The molecule has 1 N–H and O–H groups in total. The topological polar surface area (TPSA) is 61.4 Å². The van der Waals surface area contributed by atoms with Gasteiger partial charge in [0.05, 0.1) is 11.1 Å². The summed E-state index contributed by atoms with van der Waals surface area (Å²) in [6.07, 6.45) is 0.130. The number of rotatable bonds is 5. The van der Waals surface area contributed by atoms with Crippen LogP contribution in [0.2, 0.25) is 0 Å². The van der Waals surface area contributed by atoms with E-state index in [2.05, 4.69) is 33.3 Å². The van der Waals surface area contributed by atoms with Gasteiger partial charge < -0.3 is 15.1 Å². The number of benzene rings is 2. The highest BCUT2D eigenvalue weighted by atomic mass is 19.4. The summed E-state index contributed by atoms with van der Waals surface area (Å²) in [4.78, 5) is 26.5. The number of carbonyl (C=O) groups excluding carboxylic acids is 1. The number of fused-ring (bicyclic) bond motifs is 1. The molecule has 6 nitrogen and oxygen atoms in total. The van der Waals surface area contributed by atoms with Crippen molar-refractivity contribution in [2.24, 2.45) is 5.92 Å². The molecule has 0 bridgehead atoms. The van der Waals surface area contributed by atoms with E-state index in [1.54, 1.807) is 13.0 Å². The first-order chi connectivity index (χ1) is 18.6. The third-order valence-corrected chi connectivity index (χ3v) is 7.82. The van der Waals surface area contributed by atoms with Crippen LogP contribution in [-0.2, 0) is 11.0 Å². The highest BCUT2D eigenvalue weighted by molar-refractivity contribution is 5.92. The number of allylic oxidation sites excluding steroid dienone is 2. The predicted molar refractivity (Wildman–Crippen MR) is 147 cm³/mol. The fourth-order valence-electron chi connectivity index (χ4n) is 5.43. The molecule has 0 radical (unpaired) electrons. The maximum atomic E-state index is 13.2. The molecule has 2 aliphatic rings. The summed E-state index contributed by atoms with van der Waals surface area (Å²) in [5.41, 5.74) is 2.86. The summed E-state index contributed by atoms with van der Waals surface area (Å²) in [6.45, 7) is 7.04. The molecule has 2 aromatic carbocycles. The van der Waals surface area contributed by atoms with Crippen molar-refractivity contribution < 1.29 is 18.0 Å². The second-order valence-electron chi connectivity index (χ2n) is 10.7. The van der Waals surface area contributed by atoms with Crippen molar-refractivity contribution in [2.45, 2.75) is 45.3 Å². The first kappa shape index (κ1) is 27.1. The Hall–Kier alpha value is -3.46. The van der Waals surface area contributed by atoms with Gasteiger partial charge in [-0.3, -0.25) is 4.79 Å². The van der Waals surface area contributed by atoms with Crippen LogP contribution in [-0.4, -0.2) is 58.9 Å². The van der Waals surface area contributed by atoms with Gasteiger partial charge in [0.25, 0.3) is 0 Å². The fraction of sp³-hybridized carbons (Fsp3) is 0.433. The van der Waals surface area contributed by atoms with Crippen molar-refractivity contribution in [3.05, 3.63) is 71.1 Å². The van der Waals surface area contributed by atoms with Gasteiger partial charge in [-0.15, -0.1) is 0 Å². The van der Waals surface area contributed by atoms with Crippen molar-refractivity contribution in [3.63, 3.8) is 0 Å². The van der Waals surface area contributed by atoms with Gasteiger partial charge in [-0.25, -0.2) is 9.97 Å². The maximum Gasteiger partial charge on any atom is 0.416 e. The van der Waals surface area contributed by atoms with Crippen LogP contribution in [0.4, 0.5) is 19.0 Å². The number of carbonyl (C=O) groups is 1.